The van der Waals surface area contributed by atoms with Crippen molar-refractivity contribution >= 4 is 23.4 Å². The van der Waals surface area contributed by atoms with Crippen molar-refractivity contribution in [2.45, 2.75) is 12.5 Å². The standard InChI is InChI=1S/C22H24FN3O6/c23-17-11-15(2-3-18(17)25-5-7-31-8-6-25)26-13-16(32-22(26)30)12-24-21(29)10-14-1-4-19(27)20(28)9-14/h1-4,9,11,16,27-28H,5-8,10,12-13H2,(H,24,29)/t16-/m0/s1. The molecule has 2 fully saturated rings. The number of rotatable bonds is 6. The van der Waals surface area contributed by atoms with E-state index in [0.29, 0.717) is 43.2 Å². The van der Waals surface area contributed by atoms with E-state index in [4.69, 9.17) is 9.47 Å². The van der Waals surface area contributed by atoms with Crippen LogP contribution in [0.25, 0.3) is 0 Å². The molecule has 0 aliphatic carbocycles. The Morgan fingerprint density at radius 1 is 1.12 bits per heavy atom. The van der Waals surface area contributed by atoms with Gasteiger partial charge in [-0.2, -0.15) is 0 Å². The van der Waals surface area contributed by atoms with Crippen LogP contribution >= 0.6 is 0 Å². The van der Waals surface area contributed by atoms with Gasteiger partial charge in [0.05, 0.1) is 44.1 Å². The molecule has 2 heterocycles. The molecule has 0 spiro atoms. The molecule has 2 aromatic carbocycles. The van der Waals surface area contributed by atoms with Crippen molar-refractivity contribution in [3.63, 3.8) is 0 Å². The summed E-state index contributed by atoms with van der Waals surface area (Å²) < 4.78 is 25.3. The Hall–Kier alpha value is -3.53. The number of carbonyl (C=O) groups is 2. The largest absolute Gasteiger partial charge is 0.504 e. The van der Waals surface area contributed by atoms with Crippen molar-refractivity contribution in [1.29, 1.82) is 0 Å². The van der Waals surface area contributed by atoms with Gasteiger partial charge in [-0.15, -0.1) is 0 Å². The van der Waals surface area contributed by atoms with Crippen molar-refractivity contribution in [2.75, 3.05) is 49.2 Å². The van der Waals surface area contributed by atoms with Gasteiger partial charge in [-0.3, -0.25) is 9.69 Å². The van der Waals surface area contributed by atoms with Crippen LogP contribution in [0.3, 0.4) is 0 Å². The van der Waals surface area contributed by atoms with E-state index >= 15 is 0 Å². The molecule has 0 aromatic heterocycles. The summed E-state index contributed by atoms with van der Waals surface area (Å²) in [4.78, 5) is 27.7. The summed E-state index contributed by atoms with van der Waals surface area (Å²) in [5.41, 5.74) is 1.38. The predicted molar refractivity (Wildman–Crippen MR) is 114 cm³/mol. The summed E-state index contributed by atoms with van der Waals surface area (Å²) in [7, 11) is 0. The van der Waals surface area contributed by atoms with Crippen molar-refractivity contribution in [2.24, 2.45) is 0 Å². The number of cyclic esters (lactones) is 1. The summed E-state index contributed by atoms with van der Waals surface area (Å²) in [6.07, 6.45) is -1.19. The Morgan fingerprint density at radius 3 is 2.62 bits per heavy atom. The van der Waals surface area contributed by atoms with Gasteiger partial charge in [-0.25, -0.2) is 9.18 Å². The van der Waals surface area contributed by atoms with Crippen LogP contribution < -0.4 is 15.1 Å². The van der Waals surface area contributed by atoms with Crippen LogP contribution in [-0.4, -0.2) is 67.7 Å². The summed E-state index contributed by atoms with van der Waals surface area (Å²) in [5, 5.41) is 21.5. The highest BCUT2D eigenvalue weighted by molar-refractivity contribution is 5.90. The number of amides is 2. The molecule has 4 rings (SSSR count). The van der Waals surface area contributed by atoms with E-state index in [1.807, 2.05) is 4.90 Å². The molecule has 2 aromatic rings. The smallest absolute Gasteiger partial charge is 0.414 e. The molecule has 2 amide bonds. The minimum atomic E-state index is -0.605. The van der Waals surface area contributed by atoms with E-state index in [0.717, 1.165) is 0 Å². The number of benzene rings is 2. The van der Waals surface area contributed by atoms with E-state index in [9.17, 15) is 24.2 Å². The van der Waals surface area contributed by atoms with Crippen LogP contribution in [0.2, 0.25) is 0 Å². The molecule has 32 heavy (non-hydrogen) atoms. The topological polar surface area (TPSA) is 112 Å². The zero-order chi connectivity index (χ0) is 22.7. The number of anilines is 2. The van der Waals surface area contributed by atoms with Crippen LogP contribution in [0.1, 0.15) is 5.56 Å². The average Bonchev–Trinajstić information content (AvgIpc) is 3.16. The Kier molecular flexibility index (Phi) is 6.31. The second-order valence-electron chi connectivity index (χ2n) is 7.66. The van der Waals surface area contributed by atoms with Gasteiger partial charge in [0.25, 0.3) is 0 Å². The van der Waals surface area contributed by atoms with Gasteiger partial charge in [0.15, 0.2) is 11.5 Å². The minimum absolute atomic E-state index is 0.00751. The zero-order valence-corrected chi connectivity index (χ0v) is 17.3. The maximum atomic E-state index is 14.7. The third-order valence-corrected chi connectivity index (χ3v) is 5.40. The Bertz CT molecular complexity index is 1010. The number of phenols is 2. The Labute approximate surface area is 183 Å². The van der Waals surface area contributed by atoms with Gasteiger partial charge >= 0.3 is 6.09 Å². The van der Waals surface area contributed by atoms with Gasteiger partial charge in [-0.05, 0) is 35.9 Å². The summed E-state index contributed by atoms with van der Waals surface area (Å²) >= 11 is 0. The first-order valence-corrected chi connectivity index (χ1v) is 10.3. The number of morpholine rings is 1. The molecule has 0 saturated carbocycles. The highest BCUT2D eigenvalue weighted by atomic mass is 19.1. The molecular weight excluding hydrogens is 421 g/mol. The predicted octanol–water partition coefficient (Wildman–Crippen LogP) is 1.76. The van der Waals surface area contributed by atoms with E-state index in [1.165, 1.54) is 29.2 Å². The number of aromatic hydroxyl groups is 2. The first-order chi connectivity index (χ1) is 15.4. The highest BCUT2D eigenvalue weighted by Crippen LogP contribution is 2.28. The van der Waals surface area contributed by atoms with Gasteiger partial charge in [0.1, 0.15) is 11.9 Å². The molecule has 0 unspecified atom stereocenters. The molecule has 3 N–H and O–H groups in total. The molecule has 10 heteroatoms. The first-order valence-electron chi connectivity index (χ1n) is 10.3. The quantitative estimate of drug-likeness (QED) is 0.581. The number of nitrogens with one attached hydrogen (secondary N) is 1. The molecule has 2 saturated heterocycles. The van der Waals surface area contributed by atoms with E-state index < -0.39 is 18.0 Å². The highest BCUT2D eigenvalue weighted by Gasteiger charge is 2.33. The van der Waals surface area contributed by atoms with Gasteiger partial charge in [-0.1, -0.05) is 6.07 Å². The monoisotopic (exact) mass is 445 g/mol. The number of hydrogen-bond donors (Lipinski definition) is 3. The normalized spacial score (nSPS) is 18.5. The number of ether oxygens (including phenoxy) is 2. The fraction of sp³-hybridized carbons (Fsp3) is 0.364. The van der Waals surface area contributed by atoms with Crippen molar-refractivity contribution in [3.8, 4) is 11.5 Å². The third-order valence-electron chi connectivity index (χ3n) is 5.40. The SMILES string of the molecule is O=C(Cc1ccc(O)c(O)c1)NC[C@H]1CN(c2ccc(N3CCOCC3)c(F)c2)C(=O)O1. The van der Waals surface area contributed by atoms with Crippen LogP contribution in [0, 0.1) is 5.82 Å². The molecular formula is C22H24FN3O6. The molecule has 170 valence electrons. The lowest BCUT2D eigenvalue weighted by Gasteiger charge is -2.29. The van der Waals surface area contributed by atoms with E-state index in [1.54, 1.807) is 12.1 Å². The number of phenolic OH excluding ortho intramolecular Hbond substituents is 2. The molecule has 0 radical (unpaired) electrons. The van der Waals surface area contributed by atoms with Gasteiger partial charge in [0.2, 0.25) is 5.91 Å². The molecule has 1 atom stereocenters. The Balaban J connectivity index is 1.32. The number of carbonyl (C=O) groups excluding carboxylic acids is 2. The fourth-order valence-corrected chi connectivity index (χ4v) is 3.72. The van der Waals surface area contributed by atoms with Crippen LogP contribution in [0.4, 0.5) is 20.6 Å². The summed E-state index contributed by atoms with van der Waals surface area (Å²) in [5.74, 6) is -1.32. The summed E-state index contributed by atoms with van der Waals surface area (Å²) in [6, 6.07) is 8.77. The average molecular weight is 445 g/mol. The zero-order valence-electron chi connectivity index (χ0n) is 17.3. The molecule has 0 bridgehead atoms. The first kappa shape index (κ1) is 21.7. The fourth-order valence-electron chi connectivity index (χ4n) is 3.72. The van der Waals surface area contributed by atoms with Crippen LogP contribution in [-0.2, 0) is 20.7 Å². The summed E-state index contributed by atoms with van der Waals surface area (Å²) in [6.45, 7) is 2.57. The van der Waals surface area contributed by atoms with Crippen molar-refractivity contribution in [1.82, 2.24) is 5.32 Å². The lowest BCUT2D eigenvalue weighted by Crippen LogP contribution is -2.37. The minimum Gasteiger partial charge on any atom is -0.504 e. The number of nitrogens with zero attached hydrogens (tertiary/aromatic N) is 2. The van der Waals surface area contributed by atoms with Crippen LogP contribution in [0.5, 0.6) is 11.5 Å². The molecule has 2 aliphatic heterocycles. The van der Waals surface area contributed by atoms with Gasteiger partial charge < -0.3 is 29.9 Å². The maximum Gasteiger partial charge on any atom is 0.414 e. The van der Waals surface area contributed by atoms with E-state index in [-0.39, 0.29) is 36.9 Å². The van der Waals surface area contributed by atoms with Crippen LogP contribution in [0.15, 0.2) is 36.4 Å². The Morgan fingerprint density at radius 2 is 1.91 bits per heavy atom. The van der Waals surface area contributed by atoms with Crippen molar-refractivity contribution < 1.29 is 33.7 Å². The van der Waals surface area contributed by atoms with E-state index in [2.05, 4.69) is 5.32 Å². The number of hydrogen-bond acceptors (Lipinski definition) is 7. The molecule has 9 nitrogen and oxygen atoms in total. The van der Waals surface area contributed by atoms with Crippen molar-refractivity contribution in [3.05, 3.63) is 47.8 Å². The maximum absolute atomic E-state index is 14.7. The second-order valence-corrected chi connectivity index (χ2v) is 7.66. The third kappa shape index (κ3) is 4.86. The lowest BCUT2D eigenvalue weighted by molar-refractivity contribution is -0.120. The van der Waals surface area contributed by atoms with Gasteiger partial charge in [0, 0.05) is 13.1 Å². The second kappa shape index (κ2) is 9.31. The number of halogens is 1. The molecule has 2 aliphatic rings. The lowest BCUT2D eigenvalue weighted by atomic mass is 10.1.